The average Bonchev–Trinajstić information content (AvgIpc) is 2.90. The molecule has 196 valence electrons. The van der Waals surface area contributed by atoms with E-state index in [9.17, 15) is 14.7 Å². The van der Waals surface area contributed by atoms with Crippen LogP contribution in [0.3, 0.4) is 0 Å². The zero-order valence-electron chi connectivity index (χ0n) is 20.4. The van der Waals surface area contributed by atoms with Gasteiger partial charge in [-0.25, -0.2) is 15.0 Å². The molecule has 1 unspecified atom stereocenters. The Labute approximate surface area is 219 Å². The number of anilines is 1. The van der Waals surface area contributed by atoms with E-state index in [1.165, 1.54) is 10.8 Å². The Bertz CT molecular complexity index is 1390. The molecular formula is C25H29ClN6O5. The summed E-state index contributed by atoms with van der Waals surface area (Å²) in [5.74, 6) is 0.798. The molecule has 3 N–H and O–H groups in total. The molecule has 3 aliphatic heterocycles. The van der Waals surface area contributed by atoms with Gasteiger partial charge >= 0.3 is 0 Å². The monoisotopic (exact) mass is 528 g/mol. The fourth-order valence-corrected chi connectivity index (χ4v) is 5.41. The van der Waals surface area contributed by atoms with Gasteiger partial charge in [-0.2, -0.15) is 0 Å². The Morgan fingerprint density at radius 2 is 1.97 bits per heavy atom. The quantitative estimate of drug-likeness (QED) is 0.434. The molecule has 37 heavy (non-hydrogen) atoms. The summed E-state index contributed by atoms with van der Waals surface area (Å²) in [6, 6.07) is 7.37. The van der Waals surface area contributed by atoms with E-state index in [-0.39, 0.29) is 42.6 Å². The number of hydrogen-bond acceptors (Lipinski definition) is 9. The van der Waals surface area contributed by atoms with Crippen molar-refractivity contribution in [3.05, 3.63) is 52.2 Å². The van der Waals surface area contributed by atoms with Crippen molar-refractivity contribution < 1.29 is 19.4 Å². The summed E-state index contributed by atoms with van der Waals surface area (Å²) >= 11 is 0. The van der Waals surface area contributed by atoms with Gasteiger partial charge in [0.1, 0.15) is 11.6 Å². The first kappa shape index (κ1) is 25.5. The molecule has 3 aromatic heterocycles. The molecule has 0 spiro atoms. The standard InChI is InChI=1S/C25H28N6O5.ClH/c1-15-2-4-17-23(28-15)31(21(34)11-26-17)12-19(32)25-8-6-24(7-9-25,14-36-25)27-10-16-3-5-18-22(29-16)30-20(33)13-35-18;/h2-5,11,19,27,32H,6-10,12-14H2,1H3,(H,29,30,33);1H. The van der Waals surface area contributed by atoms with Crippen molar-refractivity contribution in [2.24, 2.45) is 0 Å². The van der Waals surface area contributed by atoms with Crippen molar-refractivity contribution in [1.29, 1.82) is 0 Å². The van der Waals surface area contributed by atoms with Crippen LogP contribution in [0.4, 0.5) is 5.82 Å². The van der Waals surface area contributed by atoms with E-state index in [1.54, 1.807) is 0 Å². The van der Waals surface area contributed by atoms with Gasteiger partial charge < -0.3 is 25.2 Å². The molecule has 6 heterocycles. The molecule has 2 saturated heterocycles. The molecule has 12 heteroatoms. The molecule has 1 amide bonds. The predicted octanol–water partition coefficient (Wildman–Crippen LogP) is 1.48. The second-order valence-electron chi connectivity index (χ2n) is 9.99. The lowest BCUT2D eigenvalue weighted by atomic mass is 9.69. The fraction of sp³-hybridized carbons (Fsp3) is 0.480. The summed E-state index contributed by atoms with van der Waals surface area (Å²) in [6.45, 7) is 2.94. The summed E-state index contributed by atoms with van der Waals surface area (Å²) < 4.78 is 13.2. The Morgan fingerprint density at radius 3 is 2.73 bits per heavy atom. The van der Waals surface area contributed by atoms with Gasteiger partial charge in [0.25, 0.3) is 11.5 Å². The van der Waals surface area contributed by atoms with Crippen LogP contribution >= 0.6 is 12.4 Å². The van der Waals surface area contributed by atoms with Crippen LogP contribution in [0.25, 0.3) is 11.2 Å². The summed E-state index contributed by atoms with van der Waals surface area (Å²) in [5.41, 5.74) is 1.46. The number of aliphatic hydroxyl groups is 1. The number of pyridine rings is 2. The third-order valence-corrected chi connectivity index (χ3v) is 7.66. The van der Waals surface area contributed by atoms with Crippen molar-refractivity contribution in [3.8, 4) is 5.75 Å². The molecule has 7 rings (SSSR count). The minimum atomic E-state index is -0.854. The van der Waals surface area contributed by atoms with Crippen LogP contribution in [-0.4, -0.2) is 61.0 Å². The largest absolute Gasteiger partial charge is 0.480 e. The highest BCUT2D eigenvalue weighted by Gasteiger charge is 2.53. The van der Waals surface area contributed by atoms with Crippen molar-refractivity contribution in [2.75, 3.05) is 18.5 Å². The number of carbonyl (C=O) groups excluding carboxylic acids is 1. The molecule has 1 saturated carbocycles. The lowest BCUT2D eigenvalue weighted by Crippen LogP contribution is -2.65. The van der Waals surface area contributed by atoms with E-state index in [0.717, 1.165) is 24.2 Å². The molecule has 4 aliphatic rings. The molecule has 3 fully saturated rings. The SMILES string of the molecule is Cc1ccc2ncc(=O)n(CC(O)C34CCC(NCc5ccc6c(n5)NC(=O)CO6)(CC3)CO4)c2n1.Cl. The molecule has 1 aliphatic carbocycles. The number of amides is 1. The van der Waals surface area contributed by atoms with E-state index < -0.39 is 11.7 Å². The second-order valence-corrected chi connectivity index (χ2v) is 9.99. The lowest BCUT2D eigenvalue weighted by molar-refractivity contribution is -0.211. The highest BCUT2D eigenvalue weighted by Crippen LogP contribution is 2.46. The van der Waals surface area contributed by atoms with Gasteiger partial charge in [-0.05, 0) is 56.9 Å². The number of halogens is 1. The highest BCUT2D eigenvalue weighted by atomic mass is 35.5. The highest BCUT2D eigenvalue weighted by molar-refractivity contribution is 5.94. The summed E-state index contributed by atoms with van der Waals surface area (Å²) in [5, 5.41) is 17.6. The topological polar surface area (TPSA) is 140 Å². The Balaban J connectivity index is 0.00000280. The van der Waals surface area contributed by atoms with Crippen LogP contribution in [0.1, 0.15) is 37.1 Å². The zero-order chi connectivity index (χ0) is 24.9. The van der Waals surface area contributed by atoms with Crippen LogP contribution in [0.2, 0.25) is 0 Å². The third-order valence-electron chi connectivity index (χ3n) is 7.66. The lowest BCUT2D eigenvalue weighted by Gasteiger charge is -2.55. The van der Waals surface area contributed by atoms with Gasteiger partial charge in [0.15, 0.2) is 23.8 Å². The molecule has 1 atom stereocenters. The number of nitrogens with one attached hydrogen (secondary N) is 2. The van der Waals surface area contributed by atoms with Crippen LogP contribution in [-0.2, 0) is 22.6 Å². The van der Waals surface area contributed by atoms with Crippen molar-refractivity contribution >= 4 is 35.3 Å². The first-order valence-electron chi connectivity index (χ1n) is 12.2. The number of carbonyl (C=O) groups is 1. The van der Waals surface area contributed by atoms with E-state index in [4.69, 9.17) is 9.47 Å². The fourth-order valence-electron chi connectivity index (χ4n) is 5.41. The average molecular weight is 529 g/mol. The maximum Gasteiger partial charge on any atom is 0.270 e. The van der Waals surface area contributed by atoms with Gasteiger partial charge in [-0.3, -0.25) is 14.2 Å². The Kier molecular flexibility index (Phi) is 6.65. The summed E-state index contributed by atoms with van der Waals surface area (Å²) in [4.78, 5) is 37.4. The number of aliphatic hydroxyl groups excluding tert-OH is 1. The minimum Gasteiger partial charge on any atom is -0.480 e. The number of fused-ring (bicyclic) bond motifs is 5. The normalized spacial score (nSPS) is 25.1. The number of rotatable bonds is 6. The van der Waals surface area contributed by atoms with Crippen LogP contribution in [0, 0.1) is 6.92 Å². The van der Waals surface area contributed by atoms with Gasteiger partial charge in [-0.15, -0.1) is 12.4 Å². The maximum absolute atomic E-state index is 12.6. The number of ether oxygens (including phenoxy) is 2. The third kappa shape index (κ3) is 4.68. The van der Waals surface area contributed by atoms with Crippen molar-refractivity contribution in [3.63, 3.8) is 0 Å². The van der Waals surface area contributed by atoms with Gasteiger partial charge in [0.2, 0.25) is 0 Å². The van der Waals surface area contributed by atoms with E-state index >= 15 is 0 Å². The molecule has 11 nitrogen and oxygen atoms in total. The van der Waals surface area contributed by atoms with E-state index in [0.29, 0.717) is 48.7 Å². The van der Waals surface area contributed by atoms with E-state index in [1.807, 2.05) is 31.2 Å². The minimum absolute atomic E-state index is 0. The van der Waals surface area contributed by atoms with Gasteiger partial charge in [0.05, 0.1) is 30.6 Å². The number of aromatic nitrogens is 4. The smallest absolute Gasteiger partial charge is 0.270 e. The molecular weight excluding hydrogens is 500 g/mol. The first-order chi connectivity index (χ1) is 17.3. The van der Waals surface area contributed by atoms with Crippen LogP contribution < -0.4 is 20.9 Å². The number of aryl methyl sites for hydroxylation is 1. The summed E-state index contributed by atoms with van der Waals surface area (Å²) in [6.07, 6.45) is 3.43. The van der Waals surface area contributed by atoms with Crippen molar-refractivity contribution in [2.45, 2.75) is 62.9 Å². The number of hydrogen-bond donors (Lipinski definition) is 3. The number of nitrogens with zero attached hydrogens (tertiary/aromatic N) is 4. The van der Waals surface area contributed by atoms with Crippen LogP contribution in [0.5, 0.6) is 5.75 Å². The zero-order valence-corrected chi connectivity index (χ0v) is 21.2. The predicted molar refractivity (Wildman–Crippen MR) is 137 cm³/mol. The Hall–Kier alpha value is -3.12. The summed E-state index contributed by atoms with van der Waals surface area (Å²) in [7, 11) is 0. The maximum atomic E-state index is 12.6. The second kappa shape index (κ2) is 9.64. The van der Waals surface area contributed by atoms with Gasteiger partial charge in [-0.1, -0.05) is 0 Å². The molecule has 0 aromatic carbocycles. The molecule has 2 bridgehead atoms. The first-order valence-corrected chi connectivity index (χ1v) is 12.2. The van der Waals surface area contributed by atoms with Crippen LogP contribution in [0.15, 0.2) is 35.3 Å². The van der Waals surface area contributed by atoms with Crippen molar-refractivity contribution in [1.82, 2.24) is 24.8 Å². The molecule has 3 aromatic rings. The van der Waals surface area contributed by atoms with Gasteiger partial charge in [0, 0.05) is 17.8 Å². The molecule has 0 radical (unpaired) electrons. The Morgan fingerprint density at radius 1 is 1.16 bits per heavy atom. The van der Waals surface area contributed by atoms with E-state index in [2.05, 4.69) is 25.6 Å².